The molecule has 1 heterocycles. The van der Waals surface area contributed by atoms with Gasteiger partial charge in [-0.3, -0.25) is 20.2 Å². The average Bonchev–Trinajstić information content (AvgIpc) is 2.86. The summed E-state index contributed by atoms with van der Waals surface area (Å²) in [6.07, 6.45) is 0.964. The number of nitrogens with one attached hydrogen (secondary N) is 1. The van der Waals surface area contributed by atoms with Gasteiger partial charge in [0, 0.05) is 0 Å². The van der Waals surface area contributed by atoms with E-state index in [1.165, 1.54) is 18.2 Å². The van der Waals surface area contributed by atoms with Crippen LogP contribution in [0, 0.1) is 10.1 Å². The molecular formula is C10H6K2N3O7PS. The quantitative estimate of drug-likeness (QED) is 0.217. The molecule has 14 heteroatoms. The van der Waals surface area contributed by atoms with Gasteiger partial charge in [-0.2, -0.15) is 0 Å². The van der Waals surface area contributed by atoms with Crippen LogP contribution in [-0.2, 0) is 4.57 Å². The van der Waals surface area contributed by atoms with Crippen molar-refractivity contribution in [3.63, 3.8) is 0 Å². The van der Waals surface area contributed by atoms with E-state index in [-0.39, 0.29) is 118 Å². The van der Waals surface area contributed by atoms with Crippen LogP contribution in [0.5, 0.6) is 5.75 Å². The van der Waals surface area contributed by atoms with Crippen LogP contribution >= 0.6 is 19.2 Å². The zero-order valence-electron chi connectivity index (χ0n) is 12.5. The van der Waals surface area contributed by atoms with Gasteiger partial charge in [0.2, 0.25) is 0 Å². The molecule has 1 aromatic carbocycles. The first kappa shape index (κ1) is 24.9. The van der Waals surface area contributed by atoms with Crippen LogP contribution in [0.2, 0.25) is 0 Å². The van der Waals surface area contributed by atoms with Crippen LogP contribution in [0.4, 0.5) is 10.1 Å². The molecule has 1 amide bonds. The van der Waals surface area contributed by atoms with Gasteiger partial charge in [0.15, 0.2) is 5.13 Å². The second-order valence-corrected chi connectivity index (χ2v) is 5.84. The number of rotatable bonds is 5. The molecule has 0 spiro atoms. The van der Waals surface area contributed by atoms with Gasteiger partial charge in [-0.05, 0) is 23.5 Å². The predicted molar refractivity (Wildman–Crippen MR) is 71.4 cm³/mol. The fraction of sp³-hybridized carbons (Fsp3) is 0. The second kappa shape index (κ2) is 10.9. The Morgan fingerprint density at radius 2 is 1.92 bits per heavy atom. The minimum absolute atomic E-state index is 0. The standard InChI is InChI=1S/C10H8N3O7PS.2K/c14-9(12-10-11-5-8(22-10)13(15)16)6-3-1-2-4-7(6)20-21(17,18)19;;/h1-5H,(H,11,12,14)(H2,17,18,19);;/q;2*+1/p-2. The van der Waals surface area contributed by atoms with Gasteiger partial charge in [-0.15, -0.1) is 0 Å². The normalized spacial score (nSPS) is 10.1. The van der Waals surface area contributed by atoms with E-state index in [1.54, 1.807) is 0 Å². The number of phosphoric ester groups is 1. The third-order valence-electron chi connectivity index (χ3n) is 2.24. The van der Waals surface area contributed by atoms with Crippen LogP contribution in [0.1, 0.15) is 10.4 Å². The molecule has 24 heavy (non-hydrogen) atoms. The number of hydrogen-bond donors (Lipinski definition) is 1. The molecule has 1 aromatic heterocycles. The van der Waals surface area contributed by atoms with Crippen LogP contribution in [0.3, 0.4) is 0 Å². The van der Waals surface area contributed by atoms with Crippen LogP contribution in [0.15, 0.2) is 30.5 Å². The SMILES string of the molecule is O=C(Nc1ncc([N+](=O)[O-])s1)c1ccccc1OP(=O)([O-])[O-].[K+].[K+]. The summed E-state index contributed by atoms with van der Waals surface area (Å²) < 4.78 is 14.8. The van der Waals surface area contributed by atoms with Crippen LogP contribution in [-0.4, -0.2) is 15.8 Å². The van der Waals surface area contributed by atoms with Gasteiger partial charge in [0.25, 0.3) is 5.91 Å². The summed E-state index contributed by atoms with van der Waals surface area (Å²) in [5, 5.41) is 12.4. The van der Waals surface area contributed by atoms with Gasteiger partial charge < -0.3 is 18.9 Å². The molecule has 0 aliphatic carbocycles. The summed E-state index contributed by atoms with van der Waals surface area (Å²) in [5.74, 6) is -1.27. The fourth-order valence-corrected chi connectivity index (χ4v) is 2.45. The summed E-state index contributed by atoms with van der Waals surface area (Å²) in [5.41, 5.74) is -0.229. The maximum Gasteiger partial charge on any atom is 1.00 e. The zero-order chi connectivity index (χ0) is 16.3. The van der Waals surface area contributed by atoms with Crippen molar-refractivity contribution in [2.24, 2.45) is 0 Å². The van der Waals surface area contributed by atoms with E-state index in [9.17, 15) is 29.3 Å². The number of nitro groups is 1. The molecule has 1 N–H and O–H groups in total. The number of aromatic nitrogens is 1. The van der Waals surface area contributed by atoms with E-state index < -0.39 is 24.4 Å². The number of thiazole rings is 1. The number of carbonyl (C=O) groups is 1. The minimum Gasteiger partial charge on any atom is -0.780 e. The Morgan fingerprint density at radius 3 is 2.46 bits per heavy atom. The molecular weight excluding hydrogens is 415 g/mol. The summed E-state index contributed by atoms with van der Waals surface area (Å²) >= 11 is 0.622. The van der Waals surface area contributed by atoms with E-state index in [2.05, 4.69) is 14.8 Å². The van der Waals surface area contributed by atoms with E-state index in [0.717, 1.165) is 12.3 Å². The van der Waals surface area contributed by atoms with Crippen molar-refractivity contribution in [2.45, 2.75) is 0 Å². The molecule has 0 saturated carbocycles. The van der Waals surface area contributed by atoms with Crippen molar-refractivity contribution in [3.8, 4) is 5.75 Å². The van der Waals surface area contributed by atoms with Gasteiger partial charge in [-0.25, -0.2) is 4.98 Å². The van der Waals surface area contributed by atoms with E-state index in [4.69, 9.17) is 0 Å². The van der Waals surface area contributed by atoms with Gasteiger partial charge in [0.05, 0.1) is 10.5 Å². The molecule has 0 aliphatic heterocycles. The zero-order valence-corrected chi connectivity index (χ0v) is 20.5. The molecule has 0 aliphatic rings. The third kappa shape index (κ3) is 7.67. The van der Waals surface area contributed by atoms with Crippen molar-refractivity contribution in [1.82, 2.24) is 4.98 Å². The molecule has 10 nitrogen and oxygen atoms in total. The summed E-state index contributed by atoms with van der Waals surface area (Å²) in [4.78, 5) is 46.8. The van der Waals surface area contributed by atoms with Crippen LogP contribution < -0.4 is 122 Å². The van der Waals surface area contributed by atoms with Crippen molar-refractivity contribution in [2.75, 3.05) is 5.32 Å². The largest absolute Gasteiger partial charge is 1.00 e. The second-order valence-electron chi connectivity index (χ2n) is 3.75. The van der Waals surface area contributed by atoms with E-state index in [0.29, 0.717) is 11.3 Å². The van der Waals surface area contributed by atoms with Gasteiger partial charge in [0.1, 0.15) is 19.8 Å². The average molecular weight is 421 g/mol. The number of amides is 1. The van der Waals surface area contributed by atoms with Crippen LogP contribution in [0.25, 0.3) is 0 Å². The first-order valence-electron chi connectivity index (χ1n) is 5.48. The number of phosphoric acid groups is 1. The Labute approximate surface area is 224 Å². The number of benzene rings is 1. The molecule has 0 unspecified atom stereocenters. The molecule has 0 bridgehead atoms. The predicted octanol–water partition coefficient (Wildman–Crippen LogP) is -5.48. The number of hydrogen-bond acceptors (Lipinski definition) is 9. The van der Waals surface area contributed by atoms with Gasteiger partial charge in [-0.1, -0.05) is 12.1 Å². The van der Waals surface area contributed by atoms with Crippen molar-refractivity contribution >= 4 is 35.2 Å². The molecule has 2 rings (SSSR count). The molecule has 0 atom stereocenters. The Kier molecular flexibility index (Phi) is 11.4. The Balaban J connectivity index is 0.00000264. The van der Waals surface area contributed by atoms with E-state index >= 15 is 0 Å². The van der Waals surface area contributed by atoms with Gasteiger partial charge >= 0.3 is 108 Å². The molecule has 0 radical (unpaired) electrons. The Bertz CT molecular complexity index is 781. The number of carbonyl (C=O) groups excluding carboxylic acids is 1. The molecule has 0 saturated heterocycles. The summed E-state index contributed by atoms with van der Waals surface area (Å²) in [7, 11) is -5.33. The fourth-order valence-electron chi connectivity index (χ4n) is 1.43. The smallest absolute Gasteiger partial charge is 0.780 e. The number of anilines is 1. The monoisotopic (exact) mass is 421 g/mol. The van der Waals surface area contributed by atoms with Crippen molar-refractivity contribution in [3.05, 3.63) is 46.1 Å². The minimum atomic E-state index is -5.33. The first-order valence-corrected chi connectivity index (χ1v) is 7.76. The summed E-state index contributed by atoms with van der Waals surface area (Å²) in [6.45, 7) is 0. The Hall–Kier alpha value is 0.943. The van der Waals surface area contributed by atoms with Crippen molar-refractivity contribution in [1.29, 1.82) is 0 Å². The molecule has 116 valence electrons. The molecule has 2 aromatic rings. The topological polar surface area (TPSA) is 158 Å². The summed E-state index contributed by atoms with van der Waals surface area (Å²) in [6, 6.07) is 5.15. The van der Waals surface area contributed by atoms with E-state index in [1.807, 2.05) is 0 Å². The Morgan fingerprint density at radius 1 is 1.29 bits per heavy atom. The maximum atomic E-state index is 12.0. The molecule has 0 fully saturated rings. The third-order valence-corrected chi connectivity index (χ3v) is 3.52. The maximum absolute atomic E-state index is 12.0. The first-order chi connectivity index (χ1) is 10.3. The number of para-hydroxylation sites is 1. The van der Waals surface area contributed by atoms with Crippen molar-refractivity contribution < 1.29 is 131 Å². The number of nitrogens with zero attached hydrogens (tertiary/aromatic N) is 2.